The van der Waals surface area contributed by atoms with Gasteiger partial charge >= 0.3 is 12.0 Å². The Balaban J connectivity index is 2.53. The van der Waals surface area contributed by atoms with Crippen molar-refractivity contribution in [1.82, 2.24) is 10.6 Å². The molecule has 29 heavy (non-hydrogen) atoms. The highest BCUT2D eigenvalue weighted by molar-refractivity contribution is 5.95. The highest BCUT2D eigenvalue weighted by Crippen LogP contribution is 2.36. The molecular formula is C22H32N2O5. The summed E-state index contributed by atoms with van der Waals surface area (Å²) in [6.07, 6.45) is 0.606. The number of allylic oxidation sites excluding steroid dienone is 1. The highest BCUT2D eigenvalue weighted by Gasteiger charge is 2.35. The summed E-state index contributed by atoms with van der Waals surface area (Å²) >= 11 is 0. The van der Waals surface area contributed by atoms with Crippen molar-refractivity contribution in [3.63, 3.8) is 0 Å². The van der Waals surface area contributed by atoms with Crippen LogP contribution in [0.4, 0.5) is 4.79 Å². The van der Waals surface area contributed by atoms with E-state index in [-0.39, 0.29) is 18.1 Å². The molecule has 2 rings (SSSR count). The van der Waals surface area contributed by atoms with E-state index in [4.69, 9.17) is 14.2 Å². The molecule has 2 amide bonds. The Morgan fingerprint density at radius 1 is 1.10 bits per heavy atom. The van der Waals surface area contributed by atoms with Crippen LogP contribution in [-0.4, -0.2) is 31.3 Å². The van der Waals surface area contributed by atoms with E-state index in [1.807, 2.05) is 45.9 Å². The van der Waals surface area contributed by atoms with Crippen LogP contribution in [0.5, 0.6) is 11.5 Å². The standard InChI is InChI=1S/C22H32N2O5/c1-7-11-28-16-10-9-15(12-17(16)27-8-2)20-18(21(25)29-14(5)6)19(13(3)4)23-22(26)24-20/h9-10,12-14,20H,7-8,11H2,1-6H3,(H2,23,24,26). The molecule has 2 N–H and O–H groups in total. The zero-order valence-corrected chi connectivity index (χ0v) is 18.1. The second-order valence-electron chi connectivity index (χ2n) is 7.46. The molecule has 0 aliphatic carbocycles. The third kappa shape index (κ3) is 5.65. The van der Waals surface area contributed by atoms with Gasteiger partial charge in [0.2, 0.25) is 0 Å². The van der Waals surface area contributed by atoms with Crippen molar-refractivity contribution < 1.29 is 23.8 Å². The summed E-state index contributed by atoms with van der Waals surface area (Å²) in [5.41, 5.74) is 1.69. The minimum Gasteiger partial charge on any atom is -0.490 e. The first-order valence-corrected chi connectivity index (χ1v) is 10.2. The van der Waals surface area contributed by atoms with Gasteiger partial charge in [0.15, 0.2) is 11.5 Å². The minimum atomic E-state index is -0.646. The van der Waals surface area contributed by atoms with E-state index in [0.717, 1.165) is 12.0 Å². The molecule has 1 aliphatic heterocycles. The van der Waals surface area contributed by atoms with Gasteiger partial charge in [0, 0.05) is 5.70 Å². The number of rotatable bonds is 9. The Bertz CT molecular complexity index is 770. The first-order valence-electron chi connectivity index (χ1n) is 10.2. The largest absolute Gasteiger partial charge is 0.490 e. The first-order chi connectivity index (χ1) is 13.8. The Morgan fingerprint density at radius 3 is 2.41 bits per heavy atom. The molecule has 1 unspecified atom stereocenters. The fourth-order valence-electron chi connectivity index (χ4n) is 3.10. The van der Waals surface area contributed by atoms with Crippen LogP contribution in [0.1, 0.15) is 59.6 Å². The van der Waals surface area contributed by atoms with E-state index in [9.17, 15) is 9.59 Å². The van der Waals surface area contributed by atoms with Gasteiger partial charge in [-0.15, -0.1) is 0 Å². The van der Waals surface area contributed by atoms with Crippen LogP contribution in [0.25, 0.3) is 0 Å². The summed E-state index contributed by atoms with van der Waals surface area (Å²) in [4.78, 5) is 25.2. The monoisotopic (exact) mass is 404 g/mol. The number of carbonyl (C=O) groups excluding carboxylic acids is 2. The zero-order chi connectivity index (χ0) is 21.6. The van der Waals surface area contributed by atoms with Crippen molar-refractivity contribution in [1.29, 1.82) is 0 Å². The average Bonchev–Trinajstić information content (AvgIpc) is 2.65. The topological polar surface area (TPSA) is 85.9 Å². The van der Waals surface area contributed by atoms with Crippen LogP contribution in [-0.2, 0) is 9.53 Å². The Hall–Kier alpha value is -2.70. The van der Waals surface area contributed by atoms with E-state index >= 15 is 0 Å². The van der Waals surface area contributed by atoms with E-state index in [1.54, 1.807) is 13.8 Å². The van der Waals surface area contributed by atoms with E-state index in [1.165, 1.54) is 0 Å². The zero-order valence-electron chi connectivity index (χ0n) is 18.1. The van der Waals surface area contributed by atoms with Gasteiger partial charge in [0.1, 0.15) is 0 Å². The predicted octanol–water partition coefficient (Wildman–Crippen LogP) is 4.09. The highest BCUT2D eigenvalue weighted by atomic mass is 16.5. The van der Waals surface area contributed by atoms with Gasteiger partial charge in [-0.25, -0.2) is 9.59 Å². The first kappa shape index (κ1) is 22.6. The maximum atomic E-state index is 12.9. The lowest BCUT2D eigenvalue weighted by Crippen LogP contribution is -2.47. The molecule has 0 bridgehead atoms. The molecular weight excluding hydrogens is 372 g/mol. The van der Waals surface area contributed by atoms with Crippen molar-refractivity contribution in [2.45, 2.75) is 60.1 Å². The molecule has 1 aliphatic rings. The number of hydrogen-bond donors (Lipinski definition) is 2. The molecule has 0 spiro atoms. The number of benzene rings is 1. The molecule has 1 aromatic rings. The molecule has 1 atom stereocenters. The van der Waals surface area contributed by atoms with Crippen LogP contribution < -0.4 is 20.1 Å². The molecule has 0 radical (unpaired) electrons. The lowest BCUT2D eigenvalue weighted by molar-refractivity contribution is -0.143. The summed E-state index contributed by atoms with van der Waals surface area (Å²) in [6, 6.07) is 4.45. The number of hydrogen-bond acceptors (Lipinski definition) is 5. The number of urea groups is 1. The quantitative estimate of drug-likeness (QED) is 0.606. The van der Waals surface area contributed by atoms with Crippen LogP contribution in [0.15, 0.2) is 29.5 Å². The van der Waals surface area contributed by atoms with Crippen LogP contribution in [0, 0.1) is 5.92 Å². The molecule has 0 fully saturated rings. The van der Waals surface area contributed by atoms with Gasteiger partial charge < -0.3 is 24.8 Å². The number of nitrogens with one attached hydrogen (secondary N) is 2. The fraction of sp³-hybridized carbons (Fsp3) is 0.545. The maximum Gasteiger partial charge on any atom is 0.338 e. The molecule has 0 saturated carbocycles. The van der Waals surface area contributed by atoms with Gasteiger partial charge in [0.05, 0.1) is 30.9 Å². The summed E-state index contributed by atoms with van der Waals surface area (Å²) in [5.74, 6) is 0.702. The van der Waals surface area contributed by atoms with E-state index < -0.39 is 12.0 Å². The smallest absolute Gasteiger partial charge is 0.338 e. The van der Waals surface area contributed by atoms with E-state index in [2.05, 4.69) is 10.6 Å². The fourth-order valence-corrected chi connectivity index (χ4v) is 3.10. The van der Waals surface area contributed by atoms with Gasteiger partial charge in [-0.3, -0.25) is 0 Å². The minimum absolute atomic E-state index is 0.0585. The Labute approximate surface area is 172 Å². The Morgan fingerprint density at radius 2 is 1.83 bits per heavy atom. The van der Waals surface area contributed by atoms with Crippen molar-refractivity contribution >= 4 is 12.0 Å². The molecule has 7 nitrogen and oxygen atoms in total. The predicted molar refractivity (Wildman–Crippen MR) is 111 cm³/mol. The van der Waals surface area contributed by atoms with Gasteiger partial charge in [0.25, 0.3) is 0 Å². The lowest BCUT2D eigenvalue weighted by Gasteiger charge is -2.31. The van der Waals surface area contributed by atoms with E-state index in [0.29, 0.717) is 36.0 Å². The normalized spacial score (nSPS) is 16.6. The SMILES string of the molecule is CCCOc1ccc(C2NC(=O)NC(C(C)C)=C2C(=O)OC(C)C)cc1OCC. The molecule has 1 heterocycles. The maximum absolute atomic E-state index is 12.9. The summed E-state index contributed by atoms with van der Waals surface area (Å²) in [6.45, 7) is 12.4. The van der Waals surface area contributed by atoms with Crippen molar-refractivity contribution in [2.24, 2.45) is 5.92 Å². The number of esters is 1. The molecule has 0 saturated heterocycles. The van der Waals surface area contributed by atoms with Crippen LogP contribution >= 0.6 is 0 Å². The summed E-state index contributed by atoms with van der Waals surface area (Å²) in [7, 11) is 0. The molecule has 160 valence electrons. The van der Waals surface area contributed by atoms with Crippen molar-refractivity contribution in [2.75, 3.05) is 13.2 Å². The summed E-state index contributed by atoms with van der Waals surface area (Å²) < 4.78 is 17.0. The molecule has 0 aromatic heterocycles. The van der Waals surface area contributed by atoms with Gasteiger partial charge in [-0.2, -0.15) is 0 Å². The third-order valence-electron chi connectivity index (χ3n) is 4.31. The van der Waals surface area contributed by atoms with Gasteiger partial charge in [-0.05, 0) is 50.8 Å². The van der Waals surface area contributed by atoms with Crippen LogP contribution in [0.3, 0.4) is 0 Å². The molecule has 1 aromatic carbocycles. The second-order valence-corrected chi connectivity index (χ2v) is 7.46. The Kier molecular flexibility index (Phi) is 7.93. The van der Waals surface area contributed by atoms with Crippen LogP contribution in [0.2, 0.25) is 0 Å². The number of amides is 2. The molecule has 7 heteroatoms. The van der Waals surface area contributed by atoms with Gasteiger partial charge in [-0.1, -0.05) is 26.8 Å². The third-order valence-corrected chi connectivity index (χ3v) is 4.31. The van der Waals surface area contributed by atoms with Crippen molar-refractivity contribution in [3.8, 4) is 11.5 Å². The number of carbonyl (C=O) groups is 2. The second kappa shape index (κ2) is 10.2. The number of ether oxygens (including phenoxy) is 3. The summed E-state index contributed by atoms with van der Waals surface area (Å²) in [5, 5.41) is 5.62. The average molecular weight is 405 g/mol. The lowest BCUT2D eigenvalue weighted by atomic mass is 9.91. The van der Waals surface area contributed by atoms with Crippen molar-refractivity contribution in [3.05, 3.63) is 35.0 Å².